The first-order valence-electron chi connectivity index (χ1n) is 3.48. The Morgan fingerprint density at radius 2 is 1.80 bits per heavy atom. The van der Waals surface area contributed by atoms with Gasteiger partial charge in [-0.15, -0.1) is 7.53 Å². The Morgan fingerprint density at radius 3 is 2.20 bits per heavy atom. The van der Waals surface area contributed by atoms with Gasteiger partial charge in [0.1, 0.15) is 0 Å². The minimum absolute atomic E-state index is 0.0980. The highest BCUT2D eigenvalue weighted by atomic mass is 31.1. The third kappa shape index (κ3) is 1.62. The molecule has 0 spiro atoms. The molecule has 1 aromatic rings. The van der Waals surface area contributed by atoms with Crippen molar-refractivity contribution in [1.82, 2.24) is 0 Å². The summed E-state index contributed by atoms with van der Waals surface area (Å²) in [4.78, 5) is 0. The van der Waals surface area contributed by atoms with Crippen molar-refractivity contribution in [2.45, 2.75) is 20.0 Å². The van der Waals surface area contributed by atoms with E-state index in [2.05, 4.69) is 25.4 Å². The average Bonchev–Trinajstić information content (AvgIpc) is 2.14. The van der Waals surface area contributed by atoms with E-state index in [1.807, 2.05) is 0 Å². The van der Waals surface area contributed by atoms with Crippen molar-refractivity contribution in [2.24, 2.45) is 0 Å². The summed E-state index contributed by atoms with van der Waals surface area (Å²) in [6.07, 6.45) is 0.935. The summed E-state index contributed by atoms with van der Waals surface area (Å²) in [6.45, 7) is 4.58. The molecular weight excluding hydrogens is 143 g/mol. The van der Waals surface area contributed by atoms with Crippen molar-refractivity contribution in [2.75, 3.05) is 6.61 Å². The Hall–Kier alpha value is -0.260. The van der Waals surface area contributed by atoms with Gasteiger partial charge in [-0.1, -0.05) is 0 Å². The summed E-state index contributed by atoms with van der Waals surface area (Å²) in [5.74, 6) is 4.56. The van der Waals surface area contributed by atoms with E-state index in [9.17, 15) is 0 Å². The predicted molar refractivity (Wildman–Crippen MR) is 45.7 cm³/mol. The van der Waals surface area contributed by atoms with E-state index < -0.39 is 0 Å². The van der Waals surface area contributed by atoms with E-state index in [1.54, 1.807) is 0 Å². The zero-order valence-corrected chi connectivity index (χ0v) is 7.36. The van der Waals surface area contributed by atoms with Crippen molar-refractivity contribution < 1.29 is 5.11 Å². The van der Waals surface area contributed by atoms with Crippen LogP contribution in [0.5, 0.6) is 0 Å². The van der Waals surface area contributed by atoms with Crippen LogP contribution in [0.2, 0.25) is 0 Å². The lowest BCUT2D eigenvalue weighted by Gasteiger charge is -1.89. The van der Waals surface area contributed by atoms with Crippen LogP contribution in [0.3, 0.4) is 0 Å². The van der Waals surface area contributed by atoms with Crippen LogP contribution in [-0.4, -0.2) is 11.7 Å². The van der Waals surface area contributed by atoms with Gasteiger partial charge in [0.05, 0.1) is 6.61 Å². The number of aliphatic hydroxyl groups is 1. The quantitative estimate of drug-likeness (QED) is 0.696. The lowest BCUT2D eigenvalue weighted by Crippen LogP contribution is -1.76. The molecule has 1 rings (SSSR count). The molecule has 56 valence electrons. The molecular formula is C8H13OP. The van der Waals surface area contributed by atoms with Crippen LogP contribution in [0.1, 0.15) is 11.1 Å². The number of aliphatic hydroxyl groups excluding tert-OH is 1. The highest BCUT2D eigenvalue weighted by Gasteiger charge is 1.96. The Bertz CT molecular complexity index is 196. The zero-order valence-electron chi connectivity index (χ0n) is 6.46. The Balaban J connectivity index is 2.77. The minimum Gasteiger partial charge on any atom is -0.396 e. The van der Waals surface area contributed by atoms with E-state index in [0.717, 1.165) is 6.16 Å². The molecule has 0 saturated heterocycles. The van der Waals surface area contributed by atoms with E-state index >= 15 is 0 Å². The van der Waals surface area contributed by atoms with E-state index in [4.69, 9.17) is 5.11 Å². The van der Waals surface area contributed by atoms with Gasteiger partial charge in [0, 0.05) is 6.16 Å². The molecule has 0 aromatic carbocycles. The zero-order chi connectivity index (χ0) is 7.56. The fourth-order valence-corrected chi connectivity index (χ4v) is 2.95. The average molecular weight is 156 g/mol. The van der Waals surface area contributed by atoms with Gasteiger partial charge >= 0.3 is 0 Å². The molecule has 0 amide bonds. The second-order valence-corrected chi connectivity index (χ2v) is 4.58. The molecule has 0 radical (unpaired) electrons. The molecule has 2 heteroatoms. The maximum Gasteiger partial charge on any atom is 0.0503 e. The van der Waals surface area contributed by atoms with E-state index in [-0.39, 0.29) is 7.53 Å². The Kier molecular flexibility index (Phi) is 2.53. The molecule has 0 unspecified atom stereocenters. The van der Waals surface area contributed by atoms with Crippen molar-refractivity contribution >= 4 is 7.53 Å². The van der Waals surface area contributed by atoms with Crippen LogP contribution in [0.4, 0.5) is 0 Å². The van der Waals surface area contributed by atoms with Crippen molar-refractivity contribution in [3.05, 3.63) is 22.7 Å². The maximum absolute atomic E-state index is 8.66. The van der Waals surface area contributed by atoms with Gasteiger partial charge < -0.3 is 5.11 Å². The molecule has 1 heterocycles. The van der Waals surface area contributed by atoms with Crippen LogP contribution in [0.15, 0.2) is 11.6 Å². The van der Waals surface area contributed by atoms with E-state index in [0.29, 0.717) is 6.61 Å². The van der Waals surface area contributed by atoms with Gasteiger partial charge in [-0.3, -0.25) is 0 Å². The second-order valence-electron chi connectivity index (χ2n) is 2.59. The normalized spacial score (nSPS) is 10.3. The van der Waals surface area contributed by atoms with Crippen molar-refractivity contribution in [3.8, 4) is 0 Å². The van der Waals surface area contributed by atoms with Gasteiger partial charge in [-0.2, -0.15) is 0 Å². The highest BCUT2D eigenvalue weighted by Crippen LogP contribution is 2.32. The summed E-state index contributed by atoms with van der Waals surface area (Å²) in [5.41, 5.74) is 2.78. The molecule has 0 aliphatic rings. The number of hydrogen-bond donors (Lipinski definition) is 1. The van der Waals surface area contributed by atoms with Crippen LogP contribution in [-0.2, 0) is 6.16 Å². The lowest BCUT2D eigenvalue weighted by molar-refractivity contribution is 0.310. The number of hydrogen-bond acceptors (Lipinski definition) is 1. The van der Waals surface area contributed by atoms with Gasteiger partial charge in [0.25, 0.3) is 0 Å². The first-order chi connectivity index (χ1) is 4.74. The third-order valence-corrected chi connectivity index (χ3v) is 3.85. The van der Waals surface area contributed by atoms with Crippen LogP contribution < -0.4 is 0 Å². The summed E-state index contributed by atoms with van der Waals surface area (Å²) in [7, 11) is -0.0980. The molecule has 0 aliphatic carbocycles. The van der Waals surface area contributed by atoms with Crippen LogP contribution >= 0.6 is 7.53 Å². The van der Waals surface area contributed by atoms with E-state index in [1.165, 1.54) is 11.1 Å². The van der Waals surface area contributed by atoms with Gasteiger partial charge in [0.15, 0.2) is 0 Å². The molecule has 10 heavy (non-hydrogen) atoms. The topological polar surface area (TPSA) is 20.2 Å². The molecule has 0 fully saturated rings. The molecule has 0 bridgehead atoms. The fraction of sp³-hybridized carbons (Fsp3) is 0.500. The monoisotopic (exact) mass is 156 g/mol. The molecule has 1 aromatic heterocycles. The first kappa shape index (κ1) is 7.84. The van der Waals surface area contributed by atoms with Gasteiger partial charge in [0.2, 0.25) is 0 Å². The SMILES string of the molecule is Cc1cp(CCO)cc1C. The van der Waals surface area contributed by atoms with Gasteiger partial charge in [-0.25, -0.2) is 0 Å². The molecule has 1 N–H and O–H groups in total. The van der Waals surface area contributed by atoms with Crippen LogP contribution in [0.25, 0.3) is 0 Å². The highest BCUT2D eigenvalue weighted by molar-refractivity contribution is 7.47. The molecule has 0 atom stereocenters. The minimum atomic E-state index is -0.0980. The Labute approximate surface area is 62.8 Å². The standard InChI is InChI=1S/C8H13OP/c1-7-5-10(4-3-9)6-8(7)2/h5-6,9H,3-4H2,1-2H3. The molecule has 0 saturated carbocycles. The lowest BCUT2D eigenvalue weighted by atomic mass is 10.2. The molecule has 1 nitrogen and oxygen atoms in total. The summed E-state index contributed by atoms with van der Waals surface area (Å²) >= 11 is 0. The summed E-state index contributed by atoms with van der Waals surface area (Å²) in [6, 6.07) is 0. The summed E-state index contributed by atoms with van der Waals surface area (Å²) < 4.78 is 0. The van der Waals surface area contributed by atoms with Gasteiger partial charge in [-0.05, 0) is 36.6 Å². The summed E-state index contributed by atoms with van der Waals surface area (Å²) in [5, 5.41) is 8.66. The Morgan fingerprint density at radius 1 is 1.30 bits per heavy atom. The van der Waals surface area contributed by atoms with Crippen molar-refractivity contribution in [3.63, 3.8) is 0 Å². The predicted octanol–water partition coefficient (Wildman–Crippen LogP) is 2.28. The third-order valence-electron chi connectivity index (χ3n) is 1.70. The van der Waals surface area contributed by atoms with Crippen molar-refractivity contribution in [1.29, 1.82) is 0 Å². The van der Waals surface area contributed by atoms with Crippen LogP contribution in [0, 0.1) is 13.8 Å². The number of aryl methyl sites for hydroxylation is 2. The second kappa shape index (κ2) is 3.23. The largest absolute Gasteiger partial charge is 0.396 e. The molecule has 0 aliphatic heterocycles. The first-order valence-corrected chi connectivity index (χ1v) is 5.14. The fourth-order valence-electron chi connectivity index (χ4n) is 0.983. The maximum atomic E-state index is 8.66. The smallest absolute Gasteiger partial charge is 0.0503 e. The number of rotatable bonds is 2.